The molecule has 0 aliphatic carbocycles. The van der Waals surface area contributed by atoms with Crippen molar-refractivity contribution >= 4 is 11.6 Å². The van der Waals surface area contributed by atoms with Crippen LogP contribution in [0.2, 0.25) is 0 Å². The molecule has 1 amide bonds. The Kier molecular flexibility index (Phi) is 6.02. The highest BCUT2D eigenvalue weighted by Gasteiger charge is 2.15. The van der Waals surface area contributed by atoms with Crippen LogP contribution in [-0.4, -0.2) is 42.9 Å². The molecule has 1 saturated heterocycles. The normalized spacial score (nSPS) is 19.2. The maximum atomic E-state index is 11.8. The number of aliphatic hydroxyl groups is 1. The van der Waals surface area contributed by atoms with Gasteiger partial charge in [0.15, 0.2) is 0 Å². The van der Waals surface area contributed by atoms with Gasteiger partial charge >= 0.3 is 0 Å². The van der Waals surface area contributed by atoms with Crippen LogP contribution in [0.15, 0.2) is 24.3 Å². The number of carbonyl (C=O) groups is 1. The fraction of sp³-hybridized carbons (Fsp3) is 0.562. The van der Waals surface area contributed by atoms with Crippen molar-refractivity contribution in [1.82, 2.24) is 5.32 Å². The summed E-state index contributed by atoms with van der Waals surface area (Å²) in [6.07, 6.45) is 2.10. The van der Waals surface area contributed by atoms with E-state index in [2.05, 4.69) is 10.6 Å². The van der Waals surface area contributed by atoms with Crippen molar-refractivity contribution in [2.24, 2.45) is 0 Å². The Morgan fingerprint density at radius 1 is 1.43 bits per heavy atom. The maximum Gasteiger partial charge on any atom is 0.224 e. The molecule has 5 nitrogen and oxygen atoms in total. The Labute approximate surface area is 125 Å². The van der Waals surface area contributed by atoms with Crippen LogP contribution < -0.4 is 10.6 Å². The Balaban J connectivity index is 1.82. The molecular formula is C16H24N2O3. The first-order valence-corrected chi connectivity index (χ1v) is 7.54. The number of aliphatic hydroxyl groups excluding tert-OH is 1. The number of ether oxygens (including phenoxy) is 1. The summed E-state index contributed by atoms with van der Waals surface area (Å²) in [5.74, 6) is -0.0548. The van der Waals surface area contributed by atoms with Crippen LogP contribution in [0.5, 0.6) is 0 Å². The lowest BCUT2D eigenvalue weighted by molar-refractivity contribution is -0.121. The Bertz CT molecular complexity index is 437. The maximum absolute atomic E-state index is 11.8. The van der Waals surface area contributed by atoms with Gasteiger partial charge < -0.3 is 20.5 Å². The molecule has 0 bridgehead atoms. The molecule has 1 fully saturated rings. The highest BCUT2D eigenvalue weighted by Crippen LogP contribution is 2.15. The monoisotopic (exact) mass is 292 g/mol. The molecule has 0 aromatic heterocycles. The molecular weight excluding hydrogens is 268 g/mol. The largest absolute Gasteiger partial charge is 0.394 e. The third-order valence-electron chi connectivity index (χ3n) is 3.70. The molecule has 1 aromatic carbocycles. The molecule has 21 heavy (non-hydrogen) atoms. The molecule has 1 aliphatic heterocycles. The summed E-state index contributed by atoms with van der Waals surface area (Å²) in [5, 5.41) is 15.3. The zero-order chi connectivity index (χ0) is 15.1. The predicted octanol–water partition coefficient (Wildman–Crippen LogP) is 1.32. The minimum absolute atomic E-state index is 0.0193. The number of hydrogen-bond donors (Lipinski definition) is 3. The quantitative estimate of drug-likeness (QED) is 0.709. The van der Waals surface area contributed by atoms with Gasteiger partial charge in [0.1, 0.15) is 0 Å². The van der Waals surface area contributed by atoms with E-state index in [9.17, 15) is 4.79 Å². The van der Waals surface area contributed by atoms with Crippen molar-refractivity contribution in [3.05, 3.63) is 29.8 Å². The molecule has 116 valence electrons. The summed E-state index contributed by atoms with van der Waals surface area (Å²) in [6.45, 7) is 3.49. The molecule has 5 heteroatoms. The third kappa shape index (κ3) is 5.02. The summed E-state index contributed by atoms with van der Waals surface area (Å²) >= 11 is 0. The fourth-order valence-electron chi connectivity index (χ4n) is 2.34. The number of carbonyl (C=O) groups excluding carboxylic acids is 1. The van der Waals surface area contributed by atoms with Crippen LogP contribution in [0.1, 0.15) is 25.3 Å². The lowest BCUT2D eigenvalue weighted by Crippen LogP contribution is -2.37. The minimum Gasteiger partial charge on any atom is -0.394 e. The minimum atomic E-state index is -0.152. The number of rotatable bonds is 7. The average Bonchev–Trinajstić information content (AvgIpc) is 3.00. The second kappa shape index (κ2) is 8.00. The SMILES string of the molecule is CCC(CO)NC(=O)Cc1ccc(NC2CCOC2)cc1. The van der Waals surface area contributed by atoms with Crippen LogP contribution >= 0.6 is 0 Å². The second-order valence-electron chi connectivity index (χ2n) is 5.43. The van der Waals surface area contributed by atoms with Crippen molar-refractivity contribution in [2.45, 2.75) is 38.3 Å². The summed E-state index contributed by atoms with van der Waals surface area (Å²) in [7, 11) is 0. The zero-order valence-electron chi connectivity index (χ0n) is 12.5. The van der Waals surface area contributed by atoms with Crippen LogP contribution in [0, 0.1) is 0 Å². The lowest BCUT2D eigenvalue weighted by atomic mass is 10.1. The lowest BCUT2D eigenvalue weighted by Gasteiger charge is -2.14. The van der Waals surface area contributed by atoms with E-state index in [0.29, 0.717) is 12.5 Å². The number of nitrogens with one attached hydrogen (secondary N) is 2. The van der Waals surface area contributed by atoms with Crippen molar-refractivity contribution in [3.8, 4) is 0 Å². The van der Waals surface area contributed by atoms with Gasteiger partial charge in [-0.1, -0.05) is 19.1 Å². The van der Waals surface area contributed by atoms with E-state index in [4.69, 9.17) is 9.84 Å². The first kappa shape index (κ1) is 15.8. The van der Waals surface area contributed by atoms with Gasteiger partial charge in [-0.15, -0.1) is 0 Å². The molecule has 0 spiro atoms. The standard InChI is InChI=1S/C16H24N2O3/c1-2-13(10-19)18-16(20)9-12-3-5-14(6-4-12)17-15-7-8-21-11-15/h3-6,13,15,17,19H,2,7-11H2,1H3,(H,18,20). The molecule has 2 atom stereocenters. The Hall–Kier alpha value is -1.59. The van der Waals surface area contributed by atoms with Crippen molar-refractivity contribution in [3.63, 3.8) is 0 Å². The molecule has 0 radical (unpaired) electrons. The van der Waals surface area contributed by atoms with E-state index in [0.717, 1.165) is 37.3 Å². The summed E-state index contributed by atoms with van der Waals surface area (Å²) < 4.78 is 5.33. The zero-order valence-corrected chi connectivity index (χ0v) is 12.5. The highest BCUT2D eigenvalue weighted by atomic mass is 16.5. The molecule has 1 aliphatic rings. The van der Waals surface area contributed by atoms with Crippen molar-refractivity contribution in [2.75, 3.05) is 25.1 Å². The molecule has 2 unspecified atom stereocenters. The molecule has 3 N–H and O–H groups in total. The first-order chi connectivity index (χ1) is 10.2. The predicted molar refractivity (Wildman–Crippen MR) is 82.3 cm³/mol. The van der Waals surface area contributed by atoms with Crippen LogP contribution in [0.25, 0.3) is 0 Å². The van der Waals surface area contributed by atoms with Gasteiger partial charge in [0.05, 0.1) is 31.7 Å². The van der Waals surface area contributed by atoms with E-state index in [1.54, 1.807) is 0 Å². The van der Waals surface area contributed by atoms with E-state index in [1.807, 2.05) is 31.2 Å². The number of benzene rings is 1. The van der Waals surface area contributed by atoms with Crippen molar-refractivity contribution in [1.29, 1.82) is 0 Å². The topological polar surface area (TPSA) is 70.6 Å². The van der Waals surface area contributed by atoms with Gasteiger partial charge in [0.2, 0.25) is 5.91 Å². The van der Waals surface area contributed by atoms with Crippen LogP contribution in [0.3, 0.4) is 0 Å². The number of anilines is 1. The Morgan fingerprint density at radius 3 is 2.76 bits per heavy atom. The van der Waals surface area contributed by atoms with Crippen LogP contribution in [0.4, 0.5) is 5.69 Å². The van der Waals surface area contributed by atoms with E-state index < -0.39 is 0 Å². The first-order valence-electron chi connectivity index (χ1n) is 7.54. The fourth-order valence-corrected chi connectivity index (χ4v) is 2.34. The van der Waals surface area contributed by atoms with Crippen molar-refractivity contribution < 1.29 is 14.6 Å². The number of amides is 1. The molecule has 0 saturated carbocycles. The smallest absolute Gasteiger partial charge is 0.224 e. The van der Waals surface area contributed by atoms with Crippen LogP contribution in [-0.2, 0) is 16.0 Å². The van der Waals surface area contributed by atoms with E-state index in [-0.39, 0.29) is 18.6 Å². The Morgan fingerprint density at radius 2 is 2.19 bits per heavy atom. The number of hydrogen-bond acceptors (Lipinski definition) is 4. The van der Waals surface area contributed by atoms with Gasteiger partial charge in [-0.25, -0.2) is 0 Å². The van der Waals surface area contributed by atoms with Gasteiger partial charge in [0.25, 0.3) is 0 Å². The second-order valence-corrected chi connectivity index (χ2v) is 5.43. The van der Waals surface area contributed by atoms with E-state index in [1.165, 1.54) is 0 Å². The van der Waals surface area contributed by atoms with Gasteiger partial charge in [0, 0.05) is 12.3 Å². The highest BCUT2D eigenvalue weighted by molar-refractivity contribution is 5.79. The summed E-state index contributed by atoms with van der Waals surface area (Å²) in [5.41, 5.74) is 2.02. The molecule has 1 aromatic rings. The average molecular weight is 292 g/mol. The van der Waals surface area contributed by atoms with Gasteiger partial charge in [-0.05, 0) is 30.5 Å². The summed E-state index contributed by atoms with van der Waals surface area (Å²) in [6, 6.07) is 8.12. The van der Waals surface area contributed by atoms with Gasteiger partial charge in [-0.3, -0.25) is 4.79 Å². The van der Waals surface area contributed by atoms with E-state index >= 15 is 0 Å². The van der Waals surface area contributed by atoms with Gasteiger partial charge in [-0.2, -0.15) is 0 Å². The molecule has 1 heterocycles. The summed E-state index contributed by atoms with van der Waals surface area (Å²) in [4.78, 5) is 11.8. The molecule has 2 rings (SSSR count). The third-order valence-corrected chi connectivity index (χ3v) is 3.70.